The molecule has 2 aromatic carbocycles. The van der Waals surface area contributed by atoms with Crippen LogP contribution < -0.4 is 0 Å². The molecule has 118 valence electrons. The van der Waals surface area contributed by atoms with Gasteiger partial charge in [-0.05, 0) is 30.5 Å². The number of carbonyl (C=O) groups excluding carboxylic acids is 1. The van der Waals surface area contributed by atoms with Gasteiger partial charge in [0.25, 0.3) is 0 Å². The number of aryl methyl sites for hydroxylation is 1. The van der Waals surface area contributed by atoms with E-state index in [9.17, 15) is 4.79 Å². The molecule has 0 aliphatic rings. The monoisotopic (exact) mass is 298 g/mol. The molecule has 0 aliphatic heterocycles. The van der Waals surface area contributed by atoms with Crippen molar-refractivity contribution in [1.29, 1.82) is 0 Å². The summed E-state index contributed by atoms with van der Waals surface area (Å²) < 4.78 is 0. The van der Waals surface area contributed by atoms with Gasteiger partial charge in [-0.2, -0.15) is 0 Å². The van der Waals surface area contributed by atoms with Gasteiger partial charge in [0, 0.05) is 11.5 Å². The lowest BCUT2D eigenvalue weighted by molar-refractivity contribution is 0.0939. The normalized spacial score (nSPS) is 10.3. The van der Waals surface area contributed by atoms with Crippen LogP contribution in [0.4, 0.5) is 0 Å². The molecule has 0 amide bonds. The van der Waals surface area contributed by atoms with Crippen molar-refractivity contribution in [2.24, 2.45) is 5.92 Å². The molecular weight excluding hydrogens is 272 g/mol. The molecular formula is C20H26O2. The number of benzene rings is 2. The molecule has 0 aromatic heterocycles. The first kappa shape index (κ1) is 18.0. The molecule has 0 unspecified atom stereocenters. The Bertz CT molecular complexity index is 578. The molecule has 0 aliphatic carbocycles. The predicted octanol–water partition coefficient (Wildman–Crippen LogP) is 5.35. The van der Waals surface area contributed by atoms with Crippen LogP contribution >= 0.6 is 0 Å². The number of ketones is 1. The second-order valence-electron chi connectivity index (χ2n) is 6.13. The Morgan fingerprint density at radius 1 is 0.864 bits per heavy atom. The minimum atomic E-state index is 0.0905. The van der Waals surface area contributed by atoms with Gasteiger partial charge < -0.3 is 5.11 Å². The van der Waals surface area contributed by atoms with Gasteiger partial charge in [-0.15, -0.1) is 0 Å². The minimum absolute atomic E-state index is 0.0905. The first-order valence-corrected chi connectivity index (χ1v) is 7.71. The highest BCUT2D eigenvalue weighted by Gasteiger charge is 2.08. The summed E-state index contributed by atoms with van der Waals surface area (Å²) in [7, 11) is 0. The first-order valence-electron chi connectivity index (χ1n) is 7.71. The maximum Gasteiger partial charge on any atom is 0.165 e. The highest BCUT2D eigenvalue weighted by molar-refractivity contribution is 5.97. The lowest BCUT2D eigenvalue weighted by atomic mass is 10.0. The molecule has 2 aromatic rings. The molecule has 0 fully saturated rings. The van der Waals surface area contributed by atoms with Crippen LogP contribution in [0.15, 0.2) is 48.5 Å². The Balaban J connectivity index is 0.000000224. The zero-order valence-corrected chi connectivity index (χ0v) is 14.1. The van der Waals surface area contributed by atoms with Crippen LogP contribution in [-0.4, -0.2) is 10.9 Å². The van der Waals surface area contributed by atoms with Crippen LogP contribution in [0.5, 0.6) is 5.75 Å². The first-order chi connectivity index (χ1) is 10.3. The van der Waals surface area contributed by atoms with Crippen LogP contribution in [0, 0.1) is 12.8 Å². The van der Waals surface area contributed by atoms with Gasteiger partial charge in [-0.1, -0.05) is 69.7 Å². The minimum Gasteiger partial charge on any atom is -0.508 e. The van der Waals surface area contributed by atoms with Gasteiger partial charge in [-0.25, -0.2) is 0 Å². The molecule has 0 spiro atoms. The maximum absolute atomic E-state index is 11.5. The molecule has 2 heteroatoms. The van der Waals surface area contributed by atoms with Crippen molar-refractivity contribution in [3.05, 3.63) is 65.2 Å². The highest BCUT2D eigenvalue weighted by atomic mass is 16.3. The van der Waals surface area contributed by atoms with E-state index in [2.05, 4.69) is 13.8 Å². The van der Waals surface area contributed by atoms with E-state index in [1.54, 1.807) is 12.1 Å². The summed E-state index contributed by atoms with van der Waals surface area (Å²) in [6.07, 6.45) is 0. The van der Waals surface area contributed by atoms with Crippen molar-refractivity contribution in [2.75, 3.05) is 0 Å². The van der Waals surface area contributed by atoms with E-state index in [0.717, 1.165) is 5.56 Å². The van der Waals surface area contributed by atoms with E-state index in [0.29, 0.717) is 11.7 Å². The second-order valence-corrected chi connectivity index (χ2v) is 6.13. The number of phenols is 1. The van der Waals surface area contributed by atoms with Gasteiger partial charge in [0.2, 0.25) is 0 Å². The fourth-order valence-electron chi connectivity index (χ4n) is 1.91. The predicted molar refractivity (Wildman–Crippen MR) is 92.5 cm³/mol. The third kappa shape index (κ3) is 5.72. The zero-order chi connectivity index (χ0) is 16.7. The number of hydrogen-bond donors (Lipinski definition) is 1. The molecule has 0 bridgehead atoms. The second kappa shape index (κ2) is 8.38. The summed E-state index contributed by atoms with van der Waals surface area (Å²) in [6.45, 7) is 10.1. The van der Waals surface area contributed by atoms with E-state index in [1.165, 1.54) is 11.1 Å². The smallest absolute Gasteiger partial charge is 0.165 e. The van der Waals surface area contributed by atoms with Crippen LogP contribution in [0.25, 0.3) is 0 Å². The number of rotatable bonds is 3. The van der Waals surface area contributed by atoms with Crippen LogP contribution in [0.2, 0.25) is 0 Å². The molecule has 0 atom stereocenters. The molecule has 0 saturated heterocycles. The topological polar surface area (TPSA) is 37.3 Å². The van der Waals surface area contributed by atoms with Crippen molar-refractivity contribution in [1.82, 2.24) is 0 Å². The van der Waals surface area contributed by atoms with Gasteiger partial charge in [0.15, 0.2) is 5.78 Å². The van der Waals surface area contributed by atoms with Crippen molar-refractivity contribution in [2.45, 2.75) is 40.5 Å². The molecule has 0 radical (unpaired) electrons. The summed E-state index contributed by atoms with van der Waals surface area (Å²) >= 11 is 0. The van der Waals surface area contributed by atoms with Crippen LogP contribution in [-0.2, 0) is 0 Å². The lowest BCUT2D eigenvalue weighted by Crippen LogP contribution is -2.06. The standard InChI is InChI=1S/C11H14O.C9H12O/c1-8(2)11(12)10-6-4-9(3)5-7-10;1-7(2)8-3-5-9(10)6-4-8/h4-8H,1-3H3;3-7,10H,1-2H3. The highest BCUT2D eigenvalue weighted by Crippen LogP contribution is 2.16. The maximum atomic E-state index is 11.5. The number of carbonyl (C=O) groups is 1. The summed E-state index contributed by atoms with van der Waals surface area (Å²) in [6, 6.07) is 15.0. The summed E-state index contributed by atoms with van der Waals surface area (Å²) in [5, 5.41) is 8.94. The Hall–Kier alpha value is -2.09. The van der Waals surface area contributed by atoms with E-state index >= 15 is 0 Å². The quantitative estimate of drug-likeness (QED) is 0.776. The molecule has 0 saturated carbocycles. The molecule has 22 heavy (non-hydrogen) atoms. The number of Topliss-reactive ketones (excluding diaryl/α,β-unsaturated/α-hetero) is 1. The van der Waals surface area contributed by atoms with E-state index < -0.39 is 0 Å². The fraction of sp³-hybridized carbons (Fsp3) is 0.350. The van der Waals surface area contributed by atoms with E-state index in [-0.39, 0.29) is 11.7 Å². The van der Waals surface area contributed by atoms with Crippen LogP contribution in [0.1, 0.15) is 55.1 Å². The largest absolute Gasteiger partial charge is 0.508 e. The number of aromatic hydroxyl groups is 1. The van der Waals surface area contributed by atoms with Crippen molar-refractivity contribution >= 4 is 5.78 Å². The van der Waals surface area contributed by atoms with Crippen LogP contribution in [0.3, 0.4) is 0 Å². The lowest BCUT2D eigenvalue weighted by Gasteiger charge is -2.03. The Morgan fingerprint density at radius 3 is 1.77 bits per heavy atom. The van der Waals surface area contributed by atoms with Crippen molar-refractivity contribution < 1.29 is 9.90 Å². The number of phenolic OH excluding ortho intramolecular Hbond substituents is 1. The molecule has 2 rings (SSSR count). The van der Waals surface area contributed by atoms with Gasteiger partial charge in [0.1, 0.15) is 5.75 Å². The SMILES string of the molecule is CC(C)c1ccc(O)cc1.Cc1ccc(C(=O)C(C)C)cc1. The van der Waals surface area contributed by atoms with Gasteiger partial charge >= 0.3 is 0 Å². The van der Waals surface area contributed by atoms with Crippen molar-refractivity contribution in [3.63, 3.8) is 0 Å². The Labute approximate surface area is 133 Å². The summed E-state index contributed by atoms with van der Waals surface area (Å²) in [5.74, 6) is 1.19. The summed E-state index contributed by atoms with van der Waals surface area (Å²) in [5.41, 5.74) is 3.27. The summed E-state index contributed by atoms with van der Waals surface area (Å²) in [4.78, 5) is 11.5. The average Bonchev–Trinajstić information content (AvgIpc) is 2.48. The molecule has 2 nitrogen and oxygen atoms in total. The van der Waals surface area contributed by atoms with Gasteiger partial charge in [-0.3, -0.25) is 4.79 Å². The fourth-order valence-corrected chi connectivity index (χ4v) is 1.91. The third-order valence-corrected chi connectivity index (χ3v) is 3.42. The zero-order valence-electron chi connectivity index (χ0n) is 14.1. The van der Waals surface area contributed by atoms with E-state index in [4.69, 9.17) is 5.11 Å². The van der Waals surface area contributed by atoms with Crippen molar-refractivity contribution in [3.8, 4) is 5.75 Å². The Morgan fingerprint density at radius 2 is 1.36 bits per heavy atom. The van der Waals surface area contributed by atoms with Gasteiger partial charge in [0.05, 0.1) is 0 Å². The average molecular weight is 298 g/mol. The molecule has 0 heterocycles. The number of hydrogen-bond acceptors (Lipinski definition) is 2. The van der Waals surface area contributed by atoms with E-state index in [1.807, 2.05) is 57.2 Å². The molecule has 1 N–H and O–H groups in total. The Kier molecular flexibility index (Phi) is 6.84. The third-order valence-electron chi connectivity index (χ3n) is 3.42.